The van der Waals surface area contributed by atoms with Crippen LogP contribution >= 0.6 is 11.3 Å². The van der Waals surface area contributed by atoms with Crippen molar-refractivity contribution in [1.82, 2.24) is 20.3 Å². The number of aromatic nitrogens is 3. The number of aryl methyl sites for hydroxylation is 2. The second-order valence-electron chi connectivity index (χ2n) is 5.31. The van der Waals surface area contributed by atoms with Crippen molar-refractivity contribution in [2.24, 2.45) is 0 Å². The second kappa shape index (κ2) is 5.97. The fourth-order valence-electron chi connectivity index (χ4n) is 2.53. The first-order valence-electron chi connectivity index (χ1n) is 7.30. The van der Waals surface area contributed by atoms with Gasteiger partial charge in [0, 0.05) is 23.3 Å². The van der Waals surface area contributed by atoms with Crippen LogP contribution in [0.4, 0.5) is 0 Å². The van der Waals surface area contributed by atoms with Crippen LogP contribution in [0, 0.1) is 6.92 Å². The fourth-order valence-corrected chi connectivity index (χ4v) is 3.70. The molecule has 106 valence electrons. The Balaban J connectivity index is 1.88. The smallest absolute Gasteiger partial charge is 0.188 e. The van der Waals surface area contributed by atoms with E-state index in [0.717, 1.165) is 29.4 Å². The molecule has 0 radical (unpaired) electrons. The Morgan fingerprint density at radius 2 is 2.15 bits per heavy atom. The Hall–Kier alpha value is -1.33. The van der Waals surface area contributed by atoms with Gasteiger partial charge in [-0.05, 0) is 44.7 Å². The molecule has 3 rings (SSSR count). The molecule has 2 aromatic heterocycles. The summed E-state index contributed by atoms with van der Waals surface area (Å²) in [5.41, 5.74) is 2.33. The summed E-state index contributed by atoms with van der Waals surface area (Å²) in [6.07, 6.45) is 8.39. The van der Waals surface area contributed by atoms with E-state index < -0.39 is 0 Å². The topological polar surface area (TPSA) is 50.7 Å². The van der Waals surface area contributed by atoms with Gasteiger partial charge in [0.15, 0.2) is 10.8 Å². The van der Waals surface area contributed by atoms with Gasteiger partial charge in [-0.15, -0.1) is 11.3 Å². The molecule has 20 heavy (non-hydrogen) atoms. The van der Waals surface area contributed by atoms with Crippen LogP contribution in [0.5, 0.6) is 0 Å². The molecule has 2 aromatic rings. The molecule has 1 aliphatic carbocycles. The lowest BCUT2D eigenvalue weighted by molar-refractivity contribution is 0.465. The van der Waals surface area contributed by atoms with E-state index in [1.165, 1.54) is 29.8 Å². The highest BCUT2D eigenvalue weighted by Crippen LogP contribution is 2.36. The summed E-state index contributed by atoms with van der Waals surface area (Å²) in [6.45, 7) is 5.27. The summed E-state index contributed by atoms with van der Waals surface area (Å²) in [7, 11) is 0. The fraction of sp³-hybridized carbons (Fsp3) is 0.533. The third kappa shape index (κ3) is 2.74. The minimum Gasteiger partial charge on any atom is -0.309 e. The maximum atomic E-state index is 4.76. The monoisotopic (exact) mass is 288 g/mol. The van der Waals surface area contributed by atoms with Crippen LogP contribution in [-0.2, 0) is 6.42 Å². The van der Waals surface area contributed by atoms with Crippen molar-refractivity contribution in [1.29, 1.82) is 0 Å². The lowest BCUT2D eigenvalue weighted by Crippen LogP contribution is -2.24. The second-order valence-corrected chi connectivity index (χ2v) is 6.34. The molecular weight excluding hydrogens is 268 g/mol. The van der Waals surface area contributed by atoms with E-state index >= 15 is 0 Å². The van der Waals surface area contributed by atoms with Gasteiger partial charge in [0.1, 0.15) is 0 Å². The van der Waals surface area contributed by atoms with Gasteiger partial charge in [-0.25, -0.2) is 15.0 Å². The summed E-state index contributed by atoms with van der Waals surface area (Å²) < 4.78 is 0. The lowest BCUT2D eigenvalue weighted by atomic mass is 9.98. The molecule has 2 heterocycles. The van der Waals surface area contributed by atoms with Crippen molar-refractivity contribution in [3.63, 3.8) is 0 Å². The summed E-state index contributed by atoms with van der Waals surface area (Å²) in [6, 6.07) is 0.468. The Labute approximate surface area is 123 Å². The van der Waals surface area contributed by atoms with Gasteiger partial charge in [0.05, 0.1) is 5.69 Å². The predicted octanol–water partition coefficient (Wildman–Crippen LogP) is 3.29. The zero-order chi connectivity index (χ0) is 13.9. The standard InChI is InChI=1S/C15H20N4S/c1-3-7-16-11-5-4-6-12-13(11)20-15(19-12)14-17-8-10(2)9-18-14/h8-9,11,16H,3-7H2,1-2H3. The van der Waals surface area contributed by atoms with E-state index in [9.17, 15) is 0 Å². The molecule has 0 saturated heterocycles. The maximum Gasteiger partial charge on any atom is 0.188 e. The maximum absolute atomic E-state index is 4.76. The molecule has 0 amide bonds. The van der Waals surface area contributed by atoms with Gasteiger partial charge < -0.3 is 5.32 Å². The quantitative estimate of drug-likeness (QED) is 0.938. The van der Waals surface area contributed by atoms with Crippen LogP contribution in [0.15, 0.2) is 12.4 Å². The zero-order valence-electron chi connectivity index (χ0n) is 12.0. The van der Waals surface area contributed by atoms with E-state index in [0.29, 0.717) is 6.04 Å². The third-order valence-electron chi connectivity index (χ3n) is 3.56. The van der Waals surface area contributed by atoms with Gasteiger partial charge >= 0.3 is 0 Å². The number of rotatable bonds is 4. The van der Waals surface area contributed by atoms with Gasteiger partial charge in [-0.3, -0.25) is 0 Å². The molecule has 4 nitrogen and oxygen atoms in total. The minimum absolute atomic E-state index is 0.468. The first-order chi connectivity index (χ1) is 9.78. The molecule has 0 fully saturated rings. The number of thiazole rings is 1. The lowest BCUT2D eigenvalue weighted by Gasteiger charge is -2.22. The normalized spacial score (nSPS) is 18.0. The van der Waals surface area contributed by atoms with Crippen molar-refractivity contribution in [2.75, 3.05) is 6.54 Å². The van der Waals surface area contributed by atoms with Crippen molar-refractivity contribution in [2.45, 2.75) is 45.6 Å². The average molecular weight is 288 g/mol. The number of nitrogens with zero attached hydrogens (tertiary/aromatic N) is 3. The number of hydrogen-bond acceptors (Lipinski definition) is 5. The van der Waals surface area contributed by atoms with Crippen molar-refractivity contribution in [3.8, 4) is 10.8 Å². The predicted molar refractivity (Wildman–Crippen MR) is 81.8 cm³/mol. The molecule has 1 N–H and O–H groups in total. The van der Waals surface area contributed by atoms with Gasteiger partial charge in [0.25, 0.3) is 0 Å². The minimum atomic E-state index is 0.468. The van der Waals surface area contributed by atoms with Gasteiger partial charge in [-0.2, -0.15) is 0 Å². The van der Waals surface area contributed by atoms with Crippen LogP contribution in [0.25, 0.3) is 10.8 Å². The van der Waals surface area contributed by atoms with Crippen LogP contribution in [0.3, 0.4) is 0 Å². The van der Waals surface area contributed by atoms with Crippen LogP contribution < -0.4 is 5.32 Å². The molecule has 0 saturated carbocycles. The molecule has 0 aliphatic heterocycles. The van der Waals surface area contributed by atoms with E-state index in [-0.39, 0.29) is 0 Å². The van der Waals surface area contributed by atoms with E-state index in [1.807, 2.05) is 19.3 Å². The van der Waals surface area contributed by atoms with Crippen molar-refractivity contribution < 1.29 is 0 Å². The SMILES string of the molecule is CCCNC1CCCc2nc(-c3ncc(C)cn3)sc21. The molecule has 0 bridgehead atoms. The Morgan fingerprint density at radius 1 is 1.35 bits per heavy atom. The highest BCUT2D eigenvalue weighted by molar-refractivity contribution is 7.15. The highest BCUT2D eigenvalue weighted by Gasteiger charge is 2.24. The molecule has 0 spiro atoms. The molecule has 1 atom stereocenters. The van der Waals surface area contributed by atoms with E-state index in [4.69, 9.17) is 4.98 Å². The van der Waals surface area contributed by atoms with E-state index in [2.05, 4.69) is 22.2 Å². The molecule has 1 aliphatic rings. The number of hydrogen-bond donors (Lipinski definition) is 1. The van der Waals surface area contributed by atoms with Gasteiger partial charge in [0.2, 0.25) is 0 Å². The van der Waals surface area contributed by atoms with Gasteiger partial charge in [-0.1, -0.05) is 6.92 Å². The van der Waals surface area contributed by atoms with Crippen LogP contribution in [0.2, 0.25) is 0 Å². The zero-order valence-corrected chi connectivity index (χ0v) is 12.8. The van der Waals surface area contributed by atoms with Crippen LogP contribution in [0.1, 0.15) is 48.4 Å². The first kappa shape index (κ1) is 13.6. The largest absolute Gasteiger partial charge is 0.309 e. The number of nitrogens with one attached hydrogen (secondary N) is 1. The number of fused-ring (bicyclic) bond motifs is 1. The molecule has 1 unspecified atom stereocenters. The Kier molecular flexibility index (Phi) is 4.08. The Bertz CT molecular complexity index is 576. The summed E-state index contributed by atoms with van der Waals surface area (Å²) >= 11 is 1.75. The first-order valence-corrected chi connectivity index (χ1v) is 8.11. The van der Waals surface area contributed by atoms with E-state index in [1.54, 1.807) is 11.3 Å². The molecule has 0 aromatic carbocycles. The summed E-state index contributed by atoms with van der Waals surface area (Å²) in [5.74, 6) is 0.754. The average Bonchev–Trinajstić information content (AvgIpc) is 2.90. The summed E-state index contributed by atoms with van der Waals surface area (Å²) in [4.78, 5) is 14.9. The van der Waals surface area contributed by atoms with Crippen molar-refractivity contribution in [3.05, 3.63) is 28.5 Å². The summed E-state index contributed by atoms with van der Waals surface area (Å²) in [5, 5.41) is 4.59. The molecule has 5 heteroatoms. The van der Waals surface area contributed by atoms with Crippen LogP contribution in [-0.4, -0.2) is 21.5 Å². The van der Waals surface area contributed by atoms with Crippen molar-refractivity contribution >= 4 is 11.3 Å². The third-order valence-corrected chi connectivity index (χ3v) is 4.77. The molecular formula is C15H20N4S. The highest BCUT2D eigenvalue weighted by atomic mass is 32.1. The Morgan fingerprint density at radius 3 is 2.90 bits per heavy atom.